The SMILES string of the molecule is CC(C)C(O)CNCc1ccc(N2CCOCC2)c(F)c1. The molecule has 1 atom stereocenters. The smallest absolute Gasteiger partial charge is 0.146 e. The van der Waals surface area contributed by atoms with Crippen molar-refractivity contribution in [3.63, 3.8) is 0 Å². The van der Waals surface area contributed by atoms with Crippen molar-refractivity contribution in [2.75, 3.05) is 37.7 Å². The third-order valence-electron chi connectivity index (χ3n) is 3.82. The van der Waals surface area contributed by atoms with Gasteiger partial charge in [0.2, 0.25) is 0 Å². The van der Waals surface area contributed by atoms with E-state index in [-0.39, 0.29) is 17.8 Å². The Morgan fingerprint density at radius 3 is 2.67 bits per heavy atom. The number of aliphatic hydroxyl groups is 1. The third-order valence-corrected chi connectivity index (χ3v) is 3.82. The third kappa shape index (κ3) is 4.66. The zero-order chi connectivity index (χ0) is 15.2. The second-order valence-electron chi connectivity index (χ2n) is 5.83. The van der Waals surface area contributed by atoms with E-state index in [2.05, 4.69) is 5.32 Å². The first-order valence-corrected chi connectivity index (χ1v) is 7.58. The number of benzene rings is 1. The highest BCUT2D eigenvalue weighted by Gasteiger charge is 2.15. The van der Waals surface area contributed by atoms with E-state index in [1.54, 1.807) is 6.07 Å². The average Bonchev–Trinajstić information content (AvgIpc) is 2.48. The van der Waals surface area contributed by atoms with Gasteiger partial charge in [-0.15, -0.1) is 0 Å². The lowest BCUT2D eigenvalue weighted by Crippen LogP contribution is -2.36. The predicted octanol–water partition coefficient (Wildman–Crippen LogP) is 1.77. The Labute approximate surface area is 125 Å². The summed E-state index contributed by atoms with van der Waals surface area (Å²) >= 11 is 0. The molecule has 1 aromatic carbocycles. The molecule has 2 N–H and O–H groups in total. The van der Waals surface area contributed by atoms with Crippen LogP contribution in [0, 0.1) is 11.7 Å². The molecule has 1 fully saturated rings. The average molecular weight is 296 g/mol. The second-order valence-corrected chi connectivity index (χ2v) is 5.83. The Morgan fingerprint density at radius 1 is 1.33 bits per heavy atom. The van der Waals surface area contributed by atoms with Crippen LogP contribution in [0.25, 0.3) is 0 Å². The maximum absolute atomic E-state index is 14.2. The first-order valence-electron chi connectivity index (χ1n) is 7.58. The highest BCUT2D eigenvalue weighted by molar-refractivity contribution is 5.49. The van der Waals surface area contributed by atoms with Gasteiger partial charge in [0.25, 0.3) is 0 Å². The van der Waals surface area contributed by atoms with Crippen LogP contribution in [-0.4, -0.2) is 44.1 Å². The van der Waals surface area contributed by atoms with E-state index < -0.39 is 0 Å². The van der Waals surface area contributed by atoms with Crippen LogP contribution in [0.5, 0.6) is 0 Å². The Morgan fingerprint density at radius 2 is 2.05 bits per heavy atom. The molecular formula is C16H25FN2O2. The van der Waals surface area contributed by atoms with Crippen molar-refractivity contribution in [1.82, 2.24) is 5.32 Å². The van der Waals surface area contributed by atoms with E-state index in [4.69, 9.17) is 4.74 Å². The Hall–Kier alpha value is -1.17. The fourth-order valence-corrected chi connectivity index (χ4v) is 2.32. The molecule has 0 radical (unpaired) electrons. The fourth-order valence-electron chi connectivity index (χ4n) is 2.32. The number of morpholine rings is 1. The number of halogens is 1. The fraction of sp³-hybridized carbons (Fsp3) is 0.625. The van der Waals surface area contributed by atoms with Gasteiger partial charge in [0.1, 0.15) is 5.82 Å². The molecule has 4 nitrogen and oxygen atoms in total. The standard InChI is InChI=1S/C16H25FN2O2/c1-12(2)16(20)11-18-10-13-3-4-15(14(17)9-13)19-5-7-21-8-6-19/h3-4,9,12,16,18,20H,5-8,10-11H2,1-2H3. The molecule has 1 saturated heterocycles. The van der Waals surface area contributed by atoms with Crippen molar-refractivity contribution in [3.05, 3.63) is 29.6 Å². The number of hydrogen-bond donors (Lipinski definition) is 2. The molecule has 0 bridgehead atoms. The maximum atomic E-state index is 14.2. The summed E-state index contributed by atoms with van der Waals surface area (Å²) in [6.07, 6.45) is -0.373. The normalized spacial score (nSPS) is 17.3. The summed E-state index contributed by atoms with van der Waals surface area (Å²) in [5, 5.41) is 12.9. The van der Waals surface area contributed by atoms with Gasteiger partial charge in [-0.3, -0.25) is 0 Å². The minimum absolute atomic E-state index is 0.194. The summed E-state index contributed by atoms with van der Waals surface area (Å²) in [5.41, 5.74) is 1.53. The first-order chi connectivity index (χ1) is 10.1. The molecule has 0 aliphatic carbocycles. The lowest BCUT2D eigenvalue weighted by Gasteiger charge is -2.29. The molecule has 1 aromatic rings. The van der Waals surface area contributed by atoms with Crippen LogP contribution >= 0.6 is 0 Å². The topological polar surface area (TPSA) is 44.7 Å². The summed E-state index contributed by atoms with van der Waals surface area (Å²) in [4.78, 5) is 2.01. The van der Waals surface area contributed by atoms with Gasteiger partial charge in [-0.1, -0.05) is 19.9 Å². The molecule has 0 saturated carbocycles. The van der Waals surface area contributed by atoms with Gasteiger partial charge >= 0.3 is 0 Å². The van der Waals surface area contributed by atoms with Crippen LogP contribution in [0.1, 0.15) is 19.4 Å². The van der Waals surface area contributed by atoms with Crippen molar-refractivity contribution >= 4 is 5.69 Å². The molecule has 0 aromatic heterocycles. The van der Waals surface area contributed by atoms with Crippen molar-refractivity contribution in [2.45, 2.75) is 26.5 Å². The molecular weight excluding hydrogens is 271 g/mol. The number of nitrogens with one attached hydrogen (secondary N) is 1. The molecule has 1 aliphatic heterocycles. The van der Waals surface area contributed by atoms with Gasteiger partial charge in [0.15, 0.2) is 0 Å². The van der Waals surface area contributed by atoms with E-state index in [0.29, 0.717) is 32.0 Å². The molecule has 5 heteroatoms. The summed E-state index contributed by atoms with van der Waals surface area (Å²) in [6.45, 7) is 7.79. The lowest BCUT2D eigenvalue weighted by atomic mass is 10.1. The summed E-state index contributed by atoms with van der Waals surface area (Å²) in [5.74, 6) is 0.0264. The Balaban J connectivity index is 1.89. The summed E-state index contributed by atoms with van der Waals surface area (Å²) < 4.78 is 19.5. The number of nitrogens with zero attached hydrogens (tertiary/aromatic N) is 1. The number of anilines is 1. The summed E-state index contributed by atoms with van der Waals surface area (Å²) in [7, 11) is 0. The molecule has 1 heterocycles. The van der Waals surface area contributed by atoms with Crippen molar-refractivity contribution < 1.29 is 14.2 Å². The molecule has 2 rings (SSSR count). The van der Waals surface area contributed by atoms with Crippen LogP contribution in [0.4, 0.5) is 10.1 Å². The van der Waals surface area contributed by atoms with E-state index in [1.807, 2.05) is 30.9 Å². The highest BCUT2D eigenvalue weighted by Crippen LogP contribution is 2.21. The monoisotopic (exact) mass is 296 g/mol. The van der Waals surface area contributed by atoms with E-state index in [1.165, 1.54) is 0 Å². The van der Waals surface area contributed by atoms with Gasteiger partial charge in [-0.25, -0.2) is 4.39 Å². The van der Waals surface area contributed by atoms with Crippen LogP contribution in [-0.2, 0) is 11.3 Å². The van der Waals surface area contributed by atoms with E-state index in [0.717, 1.165) is 18.7 Å². The molecule has 1 aliphatic rings. The van der Waals surface area contributed by atoms with Gasteiger partial charge in [0.05, 0.1) is 25.0 Å². The van der Waals surface area contributed by atoms with Crippen molar-refractivity contribution in [3.8, 4) is 0 Å². The van der Waals surface area contributed by atoms with E-state index >= 15 is 0 Å². The quantitative estimate of drug-likeness (QED) is 0.840. The second kappa shape index (κ2) is 7.73. The lowest BCUT2D eigenvalue weighted by molar-refractivity contribution is 0.122. The number of rotatable bonds is 6. The summed E-state index contributed by atoms with van der Waals surface area (Å²) in [6, 6.07) is 5.33. The van der Waals surface area contributed by atoms with Crippen molar-refractivity contribution in [2.24, 2.45) is 5.92 Å². The number of ether oxygens (including phenoxy) is 1. The van der Waals surface area contributed by atoms with Gasteiger partial charge < -0.3 is 20.1 Å². The van der Waals surface area contributed by atoms with Crippen molar-refractivity contribution in [1.29, 1.82) is 0 Å². The number of hydrogen-bond acceptors (Lipinski definition) is 4. The zero-order valence-electron chi connectivity index (χ0n) is 12.8. The minimum Gasteiger partial charge on any atom is -0.392 e. The molecule has 1 unspecified atom stereocenters. The minimum atomic E-state index is -0.373. The Kier molecular flexibility index (Phi) is 5.96. The van der Waals surface area contributed by atoms with E-state index in [9.17, 15) is 9.50 Å². The molecule has 118 valence electrons. The highest BCUT2D eigenvalue weighted by atomic mass is 19.1. The molecule has 0 amide bonds. The van der Waals surface area contributed by atoms with Crippen LogP contribution in [0.3, 0.4) is 0 Å². The molecule has 0 spiro atoms. The largest absolute Gasteiger partial charge is 0.392 e. The number of aliphatic hydroxyl groups excluding tert-OH is 1. The first kappa shape index (κ1) is 16.2. The predicted molar refractivity (Wildman–Crippen MR) is 82.0 cm³/mol. The van der Waals surface area contributed by atoms with Crippen LogP contribution in [0.15, 0.2) is 18.2 Å². The van der Waals surface area contributed by atoms with Crippen LogP contribution < -0.4 is 10.2 Å². The molecule has 21 heavy (non-hydrogen) atoms. The van der Waals surface area contributed by atoms with Gasteiger partial charge in [-0.2, -0.15) is 0 Å². The zero-order valence-corrected chi connectivity index (χ0v) is 12.8. The Bertz CT molecular complexity index is 448. The maximum Gasteiger partial charge on any atom is 0.146 e. The van der Waals surface area contributed by atoms with Crippen LogP contribution in [0.2, 0.25) is 0 Å². The van der Waals surface area contributed by atoms with Gasteiger partial charge in [0, 0.05) is 26.2 Å². The van der Waals surface area contributed by atoms with Gasteiger partial charge in [-0.05, 0) is 23.6 Å².